The third-order valence-corrected chi connectivity index (χ3v) is 4.80. The molecule has 0 spiro atoms. The third-order valence-electron chi connectivity index (χ3n) is 4.80. The molecular weight excluding hydrogens is 338 g/mol. The second kappa shape index (κ2) is 5.94. The van der Waals surface area contributed by atoms with Gasteiger partial charge in [0.05, 0.1) is 18.0 Å². The Labute approximate surface area is 148 Å². The molecule has 7 heteroatoms. The van der Waals surface area contributed by atoms with Crippen LogP contribution in [0.1, 0.15) is 52.9 Å². The summed E-state index contributed by atoms with van der Waals surface area (Å²) >= 11 is 0. The number of amides is 1. The van der Waals surface area contributed by atoms with Gasteiger partial charge >= 0.3 is 0 Å². The number of hydrogen-bond donors (Lipinski definition) is 4. The van der Waals surface area contributed by atoms with E-state index < -0.39 is 12.1 Å². The molecule has 1 amide bonds. The second-order valence-corrected chi connectivity index (χ2v) is 6.52. The standard InChI is InChI=1S/C19H17NO6/c21-10-3-1-9(2-4-10)15-8-14(24)18-13(23)7-12(22)17(19(18)26-15)11-5-6-16(25)20-11/h1-4,7,11,15,21-23H,5-6,8H2,(H,20,25)/t11-,15+/m1/s1. The van der Waals surface area contributed by atoms with Crippen LogP contribution in [-0.2, 0) is 4.79 Å². The zero-order chi connectivity index (χ0) is 18.4. The van der Waals surface area contributed by atoms with Gasteiger partial charge in [0.25, 0.3) is 0 Å². The third kappa shape index (κ3) is 2.61. The fourth-order valence-electron chi connectivity index (χ4n) is 3.54. The van der Waals surface area contributed by atoms with E-state index in [2.05, 4.69) is 5.32 Å². The summed E-state index contributed by atoms with van der Waals surface area (Å²) in [5.41, 5.74) is 1.01. The van der Waals surface area contributed by atoms with E-state index in [0.717, 1.165) is 6.07 Å². The Morgan fingerprint density at radius 1 is 1.04 bits per heavy atom. The van der Waals surface area contributed by atoms with Crippen molar-refractivity contribution in [3.05, 3.63) is 47.0 Å². The van der Waals surface area contributed by atoms with Gasteiger partial charge in [0.2, 0.25) is 5.91 Å². The van der Waals surface area contributed by atoms with Crippen LogP contribution >= 0.6 is 0 Å². The zero-order valence-corrected chi connectivity index (χ0v) is 13.7. The molecule has 26 heavy (non-hydrogen) atoms. The number of ketones is 1. The first-order valence-corrected chi connectivity index (χ1v) is 8.31. The van der Waals surface area contributed by atoms with E-state index in [4.69, 9.17) is 4.74 Å². The number of phenolic OH excluding ortho intramolecular Hbond substituents is 3. The molecule has 2 aliphatic rings. The lowest BCUT2D eigenvalue weighted by atomic mass is 9.91. The van der Waals surface area contributed by atoms with Crippen LogP contribution in [0.2, 0.25) is 0 Å². The van der Waals surface area contributed by atoms with Crippen LogP contribution in [0.4, 0.5) is 0 Å². The number of carbonyl (C=O) groups excluding carboxylic acids is 2. The van der Waals surface area contributed by atoms with Crippen LogP contribution in [0.15, 0.2) is 30.3 Å². The number of carbonyl (C=O) groups is 2. The summed E-state index contributed by atoms with van der Waals surface area (Å²) < 4.78 is 5.99. The van der Waals surface area contributed by atoms with Gasteiger partial charge in [0.15, 0.2) is 5.78 Å². The Morgan fingerprint density at radius 2 is 1.77 bits per heavy atom. The number of phenols is 3. The molecule has 2 heterocycles. The topological polar surface area (TPSA) is 116 Å². The number of fused-ring (bicyclic) bond motifs is 1. The molecule has 2 aromatic carbocycles. The molecule has 0 bridgehead atoms. The van der Waals surface area contributed by atoms with Gasteiger partial charge in [-0.1, -0.05) is 12.1 Å². The van der Waals surface area contributed by atoms with E-state index in [1.165, 1.54) is 12.1 Å². The van der Waals surface area contributed by atoms with Crippen LogP contribution in [0.5, 0.6) is 23.0 Å². The van der Waals surface area contributed by atoms with E-state index in [9.17, 15) is 24.9 Å². The van der Waals surface area contributed by atoms with Crippen LogP contribution in [-0.4, -0.2) is 27.0 Å². The fourth-order valence-corrected chi connectivity index (χ4v) is 3.54. The van der Waals surface area contributed by atoms with E-state index in [-0.39, 0.29) is 46.7 Å². The predicted molar refractivity (Wildman–Crippen MR) is 90.3 cm³/mol. The summed E-state index contributed by atoms with van der Waals surface area (Å²) in [6.07, 6.45) is 0.180. The lowest BCUT2D eigenvalue weighted by Crippen LogP contribution is -2.24. The number of Topliss-reactive ketones (excluding diaryl/α,β-unsaturated/α-hetero) is 1. The maximum Gasteiger partial charge on any atom is 0.220 e. The Morgan fingerprint density at radius 3 is 2.42 bits per heavy atom. The highest BCUT2D eigenvalue weighted by molar-refractivity contribution is 6.03. The summed E-state index contributed by atoms with van der Waals surface area (Å²) in [7, 11) is 0. The molecule has 7 nitrogen and oxygen atoms in total. The minimum absolute atomic E-state index is 0.0204. The first kappa shape index (κ1) is 16.3. The minimum Gasteiger partial charge on any atom is -0.508 e. The van der Waals surface area contributed by atoms with Gasteiger partial charge in [-0.2, -0.15) is 0 Å². The SMILES string of the molecule is O=C1CC[C@H](c2c(O)cc(O)c3c2O[C@H](c2ccc(O)cc2)CC3=O)N1. The van der Waals surface area contributed by atoms with Crippen molar-refractivity contribution >= 4 is 11.7 Å². The minimum atomic E-state index is -0.618. The average molecular weight is 355 g/mol. The number of nitrogens with one attached hydrogen (secondary N) is 1. The number of ether oxygens (including phenoxy) is 1. The monoisotopic (exact) mass is 355 g/mol. The van der Waals surface area contributed by atoms with Crippen molar-refractivity contribution in [3.8, 4) is 23.0 Å². The lowest BCUT2D eigenvalue weighted by molar-refractivity contribution is -0.119. The van der Waals surface area contributed by atoms with Gasteiger partial charge in [-0.15, -0.1) is 0 Å². The zero-order valence-electron chi connectivity index (χ0n) is 13.7. The number of rotatable bonds is 2. The van der Waals surface area contributed by atoms with Crippen molar-refractivity contribution < 1.29 is 29.6 Å². The van der Waals surface area contributed by atoms with Gasteiger partial charge in [0, 0.05) is 12.5 Å². The molecule has 2 aromatic rings. The van der Waals surface area contributed by atoms with Gasteiger partial charge in [0.1, 0.15) is 34.7 Å². The van der Waals surface area contributed by atoms with E-state index in [0.29, 0.717) is 24.0 Å². The van der Waals surface area contributed by atoms with Crippen molar-refractivity contribution in [2.45, 2.75) is 31.4 Å². The number of hydrogen-bond acceptors (Lipinski definition) is 6. The summed E-state index contributed by atoms with van der Waals surface area (Å²) in [4.78, 5) is 24.2. The van der Waals surface area contributed by atoms with Gasteiger partial charge in [-0.3, -0.25) is 9.59 Å². The molecule has 4 rings (SSSR count). The fraction of sp³-hybridized carbons (Fsp3) is 0.263. The second-order valence-electron chi connectivity index (χ2n) is 6.52. The Bertz CT molecular complexity index is 905. The molecule has 0 saturated carbocycles. The van der Waals surface area contributed by atoms with Crippen LogP contribution in [0.3, 0.4) is 0 Å². The summed E-state index contributed by atoms with van der Waals surface area (Å²) in [6, 6.07) is 6.92. The Balaban J connectivity index is 1.80. The molecule has 2 atom stereocenters. The smallest absolute Gasteiger partial charge is 0.220 e. The van der Waals surface area contributed by atoms with E-state index in [1.54, 1.807) is 12.1 Å². The molecular formula is C19H17NO6. The van der Waals surface area contributed by atoms with Crippen molar-refractivity contribution in [3.63, 3.8) is 0 Å². The maximum absolute atomic E-state index is 12.6. The molecule has 0 radical (unpaired) electrons. The van der Waals surface area contributed by atoms with Crippen LogP contribution in [0, 0.1) is 0 Å². The van der Waals surface area contributed by atoms with Gasteiger partial charge in [-0.25, -0.2) is 0 Å². The normalized spacial score (nSPS) is 21.8. The first-order chi connectivity index (χ1) is 12.4. The lowest BCUT2D eigenvalue weighted by Gasteiger charge is -2.29. The van der Waals surface area contributed by atoms with Crippen molar-refractivity contribution in [2.75, 3.05) is 0 Å². The highest BCUT2D eigenvalue weighted by Gasteiger charge is 2.37. The Hall–Kier alpha value is -3.22. The molecule has 1 saturated heterocycles. The van der Waals surface area contributed by atoms with Crippen molar-refractivity contribution in [1.29, 1.82) is 0 Å². The Kier molecular flexibility index (Phi) is 3.72. The molecule has 134 valence electrons. The van der Waals surface area contributed by atoms with Crippen molar-refractivity contribution in [2.24, 2.45) is 0 Å². The summed E-state index contributed by atoms with van der Waals surface area (Å²) in [5, 5.41) is 32.7. The maximum atomic E-state index is 12.6. The molecule has 4 N–H and O–H groups in total. The molecule has 0 unspecified atom stereocenters. The summed E-state index contributed by atoms with van der Waals surface area (Å²) in [5.74, 6) is -0.835. The van der Waals surface area contributed by atoms with Gasteiger partial charge in [-0.05, 0) is 24.1 Å². The molecule has 0 aromatic heterocycles. The predicted octanol–water partition coefficient (Wildman–Crippen LogP) is 2.46. The summed E-state index contributed by atoms with van der Waals surface area (Å²) in [6.45, 7) is 0. The average Bonchev–Trinajstić information content (AvgIpc) is 3.00. The highest BCUT2D eigenvalue weighted by atomic mass is 16.5. The largest absolute Gasteiger partial charge is 0.508 e. The number of aromatic hydroxyl groups is 3. The van der Waals surface area contributed by atoms with E-state index in [1.807, 2.05) is 0 Å². The highest BCUT2D eigenvalue weighted by Crippen LogP contribution is 2.48. The van der Waals surface area contributed by atoms with Gasteiger partial charge < -0.3 is 25.4 Å². The van der Waals surface area contributed by atoms with Crippen molar-refractivity contribution in [1.82, 2.24) is 5.32 Å². The number of benzene rings is 2. The molecule has 1 fully saturated rings. The quantitative estimate of drug-likeness (QED) is 0.658. The van der Waals surface area contributed by atoms with Crippen LogP contribution < -0.4 is 10.1 Å². The first-order valence-electron chi connectivity index (χ1n) is 8.31. The van der Waals surface area contributed by atoms with E-state index >= 15 is 0 Å². The van der Waals surface area contributed by atoms with Crippen LogP contribution in [0.25, 0.3) is 0 Å². The molecule has 0 aliphatic carbocycles. The molecule has 2 aliphatic heterocycles.